The van der Waals surface area contributed by atoms with Crippen LogP contribution in [-0.2, 0) is 16.2 Å². The van der Waals surface area contributed by atoms with Crippen molar-refractivity contribution < 1.29 is 19.4 Å². The van der Waals surface area contributed by atoms with Crippen LogP contribution in [0, 0.1) is 0 Å². The SMILES string of the molecule is CCCCC(C(=O)O)N1C(=O)C(=Cc2ccc(OCc3ccccc3Cl)cc2)SC1=S. The normalized spacial score (nSPS) is 16.1. The maximum absolute atomic E-state index is 12.8. The fourth-order valence-electron chi connectivity index (χ4n) is 3.10. The smallest absolute Gasteiger partial charge is 0.326 e. The Hall–Kier alpha value is -2.35. The fraction of sp³-hybridized carbons (Fsp3) is 0.261. The molecule has 0 aliphatic carbocycles. The number of hydrogen-bond acceptors (Lipinski definition) is 5. The Morgan fingerprint density at radius 3 is 2.61 bits per heavy atom. The number of carboxylic acids is 1. The molecule has 0 bridgehead atoms. The van der Waals surface area contributed by atoms with Gasteiger partial charge in [-0.25, -0.2) is 4.79 Å². The van der Waals surface area contributed by atoms with Crippen LogP contribution in [-0.4, -0.2) is 32.2 Å². The molecular formula is C23H22ClNO4S2. The molecule has 0 spiro atoms. The Morgan fingerprint density at radius 1 is 1.26 bits per heavy atom. The molecule has 1 unspecified atom stereocenters. The van der Waals surface area contributed by atoms with Gasteiger partial charge in [0.25, 0.3) is 5.91 Å². The molecular weight excluding hydrogens is 454 g/mol. The minimum absolute atomic E-state index is 0.277. The summed E-state index contributed by atoms with van der Waals surface area (Å²) in [5.41, 5.74) is 1.69. The monoisotopic (exact) mass is 475 g/mol. The average Bonchev–Trinajstić information content (AvgIpc) is 3.02. The number of thioether (sulfide) groups is 1. The maximum atomic E-state index is 12.8. The Kier molecular flexibility index (Phi) is 8.12. The highest BCUT2D eigenvalue weighted by molar-refractivity contribution is 8.26. The Labute approximate surface area is 196 Å². The average molecular weight is 476 g/mol. The van der Waals surface area contributed by atoms with Gasteiger partial charge in [-0.05, 0) is 36.3 Å². The number of amides is 1. The molecule has 1 aliphatic heterocycles. The summed E-state index contributed by atoms with van der Waals surface area (Å²) in [6, 6.07) is 13.8. The molecule has 1 fully saturated rings. The van der Waals surface area contributed by atoms with Gasteiger partial charge < -0.3 is 9.84 Å². The van der Waals surface area contributed by atoms with Gasteiger partial charge in [0.05, 0.1) is 4.91 Å². The van der Waals surface area contributed by atoms with Gasteiger partial charge >= 0.3 is 5.97 Å². The van der Waals surface area contributed by atoms with Gasteiger partial charge in [-0.15, -0.1) is 0 Å². The second kappa shape index (κ2) is 10.8. The van der Waals surface area contributed by atoms with E-state index in [1.165, 1.54) is 4.90 Å². The summed E-state index contributed by atoms with van der Waals surface area (Å²) in [4.78, 5) is 26.1. The minimum Gasteiger partial charge on any atom is -0.489 e. The number of carbonyl (C=O) groups excluding carboxylic acids is 1. The molecule has 31 heavy (non-hydrogen) atoms. The number of rotatable bonds is 9. The van der Waals surface area contributed by atoms with Gasteiger partial charge in [0, 0.05) is 10.6 Å². The highest BCUT2D eigenvalue weighted by Gasteiger charge is 2.40. The van der Waals surface area contributed by atoms with Crippen molar-refractivity contribution in [1.82, 2.24) is 4.90 Å². The zero-order chi connectivity index (χ0) is 22.4. The van der Waals surface area contributed by atoms with Crippen molar-refractivity contribution in [2.75, 3.05) is 0 Å². The van der Waals surface area contributed by atoms with Crippen LogP contribution >= 0.6 is 35.6 Å². The summed E-state index contributed by atoms with van der Waals surface area (Å²) in [6.45, 7) is 2.33. The van der Waals surface area contributed by atoms with Crippen LogP contribution in [0.15, 0.2) is 53.4 Å². The number of aliphatic carboxylic acids is 1. The number of carbonyl (C=O) groups is 2. The lowest BCUT2D eigenvalue weighted by Crippen LogP contribution is -2.43. The second-order valence-electron chi connectivity index (χ2n) is 7.00. The molecule has 162 valence electrons. The quantitative estimate of drug-likeness (QED) is 0.367. The first-order valence-corrected chi connectivity index (χ1v) is 11.5. The highest BCUT2D eigenvalue weighted by Crippen LogP contribution is 2.35. The summed E-state index contributed by atoms with van der Waals surface area (Å²) in [5.74, 6) is -0.723. The van der Waals surface area contributed by atoms with E-state index < -0.39 is 12.0 Å². The third-order valence-electron chi connectivity index (χ3n) is 4.78. The first kappa shape index (κ1) is 23.3. The van der Waals surface area contributed by atoms with Gasteiger partial charge in [0.2, 0.25) is 0 Å². The molecule has 1 saturated heterocycles. The van der Waals surface area contributed by atoms with E-state index >= 15 is 0 Å². The number of halogens is 1. The molecule has 0 aromatic heterocycles. The number of unbranched alkanes of at least 4 members (excludes halogenated alkanes) is 1. The first-order valence-electron chi connectivity index (χ1n) is 9.87. The van der Waals surface area contributed by atoms with Gasteiger partial charge in [-0.2, -0.15) is 0 Å². The Balaban J connectivity index is 1.69. The number of carboxylic acid groups (broad SMARTS) is 1. The van der Waals surface area contributed by atoms with Gasteiger partial charge in [-0.3, -0.25) is 9.69 Å². The van der Waals surface area contributed by atoms with Crippen molar-refractivity contribution in [3.63, 3.8) is 0 Å². The lowest BCUT2D eigenvalue weighted by atomic mass is 10.1. The van der Waals surface area contributed by atoms with E-state index in [0.717, 1.165) is 29.3 Å². The molecule has 0 radical (unpaired) electrons. The fourth-order valence-corrected chi connectivity index (χ4v) is 4.64. The highest BCUT2D eigenvalue weighted by atomic mass is 35.5. The number of benzene rings is 2. The van der Waals surface area contributed by atoms with E-state index in [-0.39, 0.29) is 10.2 Å². The molecule has 1 heterocycles. The van der Waals surface area contributed by atoms with Crippen molar-refractivity contribution >= 4 is 57.9 Å². The van der Waals surface area contributed by atoms with E-state index in [0.29, 0.717) is 35.1 Å². The summed E-state index contributed by atoms with van der Waals surface area (Å²) >= 11 is 12.6. The van der Waals surface area contributed by atoms with Crippen LogP contribution in [0.1, 0.15) is 37.3 Å². The van der Waals surface area contributed by atoms with Crippen LogP contribution in [0.3, 0.4) is 0 Å². The number of hydrogen-bond donors (Lipinski definition) is 1. The van der Waals surface area contributed by atoms with Crippen molar-refractivity contribution in [3.8, 4) is 5.75 Å². The third-order valence-corrected chi connectivity index (χ3v) is 6.48. The Morgan fingerprint density at radius 2 is 1.97 bits per heavy atom. The van der Waals surface area contributed by atoms with Crippen LogP contribution < -0.4 is 4.74 Å². The second-order valence-corrected chi connectivity index (χ2v) is 9.08. The lowest BCUT2D eigenvalue weighted by Gasteiger charge is -2.22. The van der Waals surface area contributed by atoms with Crippen molar-refractivity contribution in [2.24, 2.45) is 0 Å². The molecule has 0 saturated carbocycles. The van der Waals surface area contributed by atoms with E-state index in [4.69, 9.17) is 28.6 Å². The molecule has 8 heteroatoms. The number of nitrogens with zero attached hydrogens (tertiary/aromatic N) is 1. The largest absolute Gasteiger partial charge is 0.489 e. The van der Waals surface area contributed by atoms with E-state index in [1.807, 2.05) is 55.5 Å². The molecule has 3 rings (SSSR count). The molecule has 1 N–H and O–H groups in total. The predicted molar refractivity (Wildman–Crippen MR) is 128 cm³/mol. The van der Waals surface area contributed by atoms with Crippen LogP contribution in [0.25, 0.3) is 6.08 Å². The predicted octanol–water partition coefficient (Wildman–Crippen LogP) is 5.76. The topological polar surface area (TPSA) is 66.8 Å². The summed E-state index contributed by atoms with van der Waals surface area (Å²) in [7, 11) is 0. The van der Waals surface area contributed by atoms with E-state index in [2.05, 4.69) is 0 Å². The maximum Gasteiger partial charge on any atom is 0.326 e. The van der Waals surface area contributed by atoms with Crippen molar-refractivity contribution in [2.45, 2.75) is 38.8 Å². The zero-order valence-corrected chi connectivity index (χ0v) is 19.3. The van der Waals surface area contributed by atoms with Crippen LogP contribution in [0.2, 0.25) is 5.02 Å². The number of thiocarbonyl (C=S) groups is 1. The molecule has 2 aromatic carbocycles. The van der Waals surface area contributed by atoms with Crippen LogP contribution in [0.5, 0.6) is 5.75 Å². The van der Waals surface area contributed by atoms with E-state index in [1.54, 1.807) is 6.08 Å². The van der Waals surface area contributed by atoms with Gasteiger partial charge in [0.1, 0.15) is 22.7 Å². The summed E-state index contributed by atoms with van der Waals surface area (Å²) in [6.07, 6.45) is 3.65. The molecule has 2 aromatic rings. The summed E-state index contributed by atoms with van der Waals surface area (Å²) in [5, 5.41) is 10.2. The first-order chi connectivity index (χ1) is 14.9. The number of ether oxygens (including phenoxy) is 1. The Bertz CT molecular complexity index is 1010. The molecule has 1 atom stereocenters. The molecule has 5 nitrogen and oxygen atoms in total. The standard InChI is InChI=1S/C23H22ClNO4S2/c1-2-3-8-19(22(27)28)25-21(26)20(31-23(25)30)13-15-9-11-17(12-10-15)29-14-16-6-4-5-7-18(16)24/h4-7,9-13,19H,2-3,8,14H2,1H3,(H,27,28). The molecule has 1 aliphatic rings. The lowest BCUT2D eigenvalue weighted by molar-refractivity contribution is -0.145. The van der Waals surface area contributed by atoms with E-state index in [9.17, 15) is 14.7 Å². The molecule has 1 amide bonds. The summed E-state index contributed by atoms with van der Waals surface area (Å²) < 4.78 is 6.05. The third kappa shape index (κ3) is 5.87. The minimum atomic E-state index is -1.04. The van der Waals surface area contributed by atoms with Crippen molar-refractivity contribution in [3.05, 3.63) is 69.6 Å². The van der Waals surface area contributed by atoms with Crippen molar-refractivity contribution in [1.29, 1.82) is 0 Å². The van der Waals surface area contributed by atoms with Gasteiger partial charge in [0.15, 0.2) is 0 Å². The van der Waals surface area contributed by atoms with Crippen LogP contribution in [0.4, 0.5) is 0 Å². The zero-order valence-electron chi connectivity index (χ0n) is 16.9. The van der Waals surface area contributed by atoms with Gasteiger partial charge in [-0.1, -0.05) is 85.7 Å².